The molecule has 1 aliphatic heterocycles. The van der Waals surface area contributed by atoms with Gasteiger partial charge in [0.05, 0.1) is 13.2 Å². The van der Waals surface area contributed by atoms with Crippen molar-refractivity contribution in [2.75, 3.05) is 19.8 Å². The van der Waals surface area contributed by atoms with Crippen molar-refractivity contribution in [2.24, 2.45) is 23.7 Å². The Labute approximate surface area is 149 Å². The molecule has 0 aromatic carbocycles. The summed E-state index contributed by atoms with van der Waals surface area (Å²) in [6.07, 6.45) is 14.5. The smallest absolute Gasteiger partial charge is 0.154 e. The molecule has 1 heterocycles. The zero-order valence-corrected chi connectivity index (χ0v) is 16.0. The molecule has 3 nitrogen and oxygen atoms in total. The van der Waals surface area contributed by atoms with Crippen LogP contribution in [0.25, 0.3) is 0 Å². The van der Waals surface area contributed by atoms with Crippen LogP contribution >= 0.6 is 0 Å². The molecule has 0 amide bonds. The quantitative estimate of drug-likeness (QED) is 0.558. The number of hydrogen-bond donors (Lipinski definition) is 1. The van der Waals surface area contributed by atoms with Crippen LogP contribution in [0.4, 0.5) is 0 Å². The number of ether oxygens (including phenoxy) is 2. The molecule has 1 atom stereocenters. The van der Waals surface area contributed by atoms with Gasteiger partial charge in [-0.05, 0) is 43.9 Å². The van der Waals surface area contributed by atoms with Gasteiger partial charge < -0.3 is 14.6 Å². The van der Waals surface area contributed by atoms with E-state index in [9.17, 15) is 5.11 Å². The van der Waals surface area contributed by atoms with Crippen LogP contribution in [-0.4, -0.2) is 31.2 Å². The Morgan fingerprint density at radius 3 is 2.21 bits per heavy atom. The third kappa shape index (κ3) is 7.84. The Morgan fingerprint density at radius 2 is 1.54 bits per heavy atom. The minimum Gasteiger partial charge on any atom is -0.396 e. The van der Waals surface area contributed by atoms with E-state index in [0.29, 0.717) is 18.4 Å². The fourth-order valence-corrected chi connectivity index (χ4v) is 4.26. The standard InChI is InChI=1S/C21H40O3/c1-17-8-10-19(11-9-17)12-13-20(14-22)6-4-3-5-7-21-15-23-18(2)24-16-21/h17-22H,3-16H2,1-2H3. The molecule has 0 radical (unpaired) electrons. The topological polar surface area (TPSA) is 38.7 Å². The number of unbranched alkanes of at least 4 members (excludes halogenated alkanes) is 2. The van der Waals surface area contributed by atoms with Gasteiger partial charge in [-0.15, -0.1) is 0 Å². The first-order valence-electron chi connectivity index (χ1n) is 10.5. The second-order valence-electron chi connectivity index (χ2n) is 8.49. The highest BCUT2D eigenvalue weighted by Crippen LogP contribution is 2.32. The summed E-state index contributed by atoms with van der Waals surface area (Å²) in [7, 11) is 0. The van der Waals surface area contributed by atoms with Gasteiger partial charge in [0.25, 0.3) is 0 Å². The van der Waals surface area contributed by atoms with Crippen LogP contribution in [0.2, 0.25) is 0 Å². The molecule has 1 saturated carbocycles. The lowest BCUT2D eigenvalue weighted by atomic mass is 9.79. The second-order valence-corrected chi connectivity index (χ2v) is 8.49. The maximum atomic E-state index is 9.65. The van der Waals surface area contributed by atoms with E-state index in [4.69, 9.17) is 9.47 Å². The molecule has 1 N–H and O–H groups in total. The van der Waals surface area contributed by atoms with Gasteiger partial charge in [0.2, 0.25) is 0 Å². The lowest BCUT2D eigenvalue weighted by molar-refractivity contribution is -0.191. The van der Waals surface area contributed by atoms with Crippen LogP contribution in [0.3, 0.4) is 0 Å². The molecule has 0 aromatic rings. The number of aliphatic hydroxyl groups is 1. The average molecular weight is 341 g/mol. The molecule has 2 aliphatic rings. The zero-order chi connectivity index (χ0) is 17.2. The van der Waals surface area contributed by atoms with Gasteiger partial charge in [-0.25, -0.2) is 0 Å². The Bertz CT molecular complexity index is 304. The van der Waals surface area contributed by atoms with E-state index in [0.717, 1.165) is 25.0 Å². The summed E-state index contributed by atoms with van der Waals surface area (Å²) in [4.78, 5) is 0. The maximum absolute atomic E-state index is 9.65. The molecule has 2 rings (SSSR count). The van der Waals surface area contributed by atoms with E-state index in [-0.39, 0.29) is 6.29 Å². The molecule has 2 fully saturated rings. The summed E-state index contributed by atoms with van der Waals surface area (Å²) in [6.45, 7) is 6.46. The molecular formula is C21H40O3. The first kappa shape index (κ1) is 20.2. The van der Waals surface area contributed by atoms with E-state index in [1.807, 2.05) is 6.92 Å². The van der Waals surface area contributed by atoms with Crippen molar-refractivity contribution in [1.82, 2.24) is 0 Å². The predicted molar refractivity (Wildman–Crippen MR) is 98.9 cm³/mol. The molecule has 3 heteroatoms. The molecular weight excluding hydrogens is 300 g/mol. The van der Waals surface area contributed by atoms with E-state index < -0.39 is 0 Å². The van der Waals surface area contributed by atoms with Crippen molar-refractivity contribution in [3.8, 4) is 0 Å². The van der Waals surface area contributed by atoms with Crippen molar-refractivity contribution >= 4 is 0 Å². The molecule has 0 spiro atoms. The van der Waals surface area contributed by atoms with Crippen molar-refractivity contribution < 1.29 is 14.6 Å². The molecule has 0 bridgehead atoms. The summed E-state index contributed by atoms with van der Waals surface area (Å²) in [5.41, 5.74) is 0. The lowest BCUT2D eigenvalue weighted by Crippen LogP contribution is -2.29. The Balaban J connectivity index is 1.47. The Morgan fingerprint density at radius 1 is 0.833 bits per heavy atom. The highest BCUT2D eigenvalue weighted by atomic mass is 16.7. The minimum atomic E-state index is -0.0149. The molecule has 1 aliphatic carbocycles. The van der Waals surface area contributed by atoms with Crippen molar-refractivity contribution in [3.63, 3.8) is 0 Å². The van der Waals surface area contributed by atoms with Gasteiger partial charge in [-0.2, -0.15) is 0 Å². The first-order valence-corrected chi connectivity index (χ1v) is 10.5. The third-order valence-electron chi connectivity index (χ3n) is 6.23. The molecule has 0 aromatic heterocycles. The van der Waals surface area contributed by atoms with E-state index in [2.05, 4.69) is 6.92 Å². The molecule has 1 unspecified atom stereocenters. The van der Waals surface area contributed by atoms with Gasteiger partial charge >= 0.3 is 0 Å². The van der Waals surface area contributed by atoms with Crippen LogP contribution in [0, 0.1) is 23.7 Å². The monoisotopic (exact) mass is 340 g/mol. The van der Waals surface area contributed by atoms with Gasteiger partial charge in [0.1, 0.15) is 0 Å². The first-order chi connectivity index (χ1) is 11.7. The lowest BCUT2D eigenvalue weighted by Gasteiger charge is -2.27. The minimum absolute atomic E-state index is 0.0149. The van der Waals surface area contributed by atoms with Gasteiger partial charge in [-0.3, -0.25) is 0 Å². The Hall–Kier alpha value is -0.120. The van der Waals surface area contributed by atoms with Crippen LogP contribution in [0.1, 0.15) is 84.5 Å². The van der Waals surface area contributed by atoms with E-state index in [1.54, 1.807) is 0 Å². The summed E-state index contributed by atoms with van der Waals surface area (Å²) < 4.78 is 11.1. The summed E-state index contributed by atoms with van der Waals surface area (Å²) >= 11 is 0. The van der Waals surface area contributed by atoms with E-state index in [1.165, 1.54) is 70.6 Å². The molecule has 142 valence electrons. The normalized spacial score (nSPS) is 32.6. The molecule has 24 heavy (non-hydrogen) atoms. The summed E-state index contributed by atoms with van der Waals surface area (Å²) in [5, 5.41) is 9.65. The zero-order valence-electron chi connectivity index (χ0n) is 16.0. The molecule has 1 saturated heterocycles. The van der Waals surface area contributed by atoms with Crippen LogP contribution in [0.5, 0.6) is 0 Å². The van der Waals surface area contributed by atoms with Gasteiger partial charge in [0.15, 0.2) is 6.29 Å². The second kappa shape index (κ2) is 11.5. The summed E-state index contributed by atoms with van der Waals surface area (Å²) in [6, 6.07) is 0. The largest absolute Gasteiger partial charge is 0.396 e. The predicted octanol–water partition coefficient (Wildman–Crippen LogP) is 5.16. The number of hydrogen-bond acceptors (Lipinski definition) is 3. The SMILES string of the molecule is CC1CCC(CCC(CO)CCCCCC2COC(C)OC2)CC1. The van der Waals surface area contributed by atoms with Crippen LogP contribution < -0.4 is 0 Å². The average Bonchev–Trinajstić information content (AvgIpc) is 2.60. The van der Waals surface area contributed by atoms with Crippen LogP contribution in [-0.2, 0) is 9.47 Å². The summed E-state index contributed by atoms with van der Waals surface area (Å²) in [5.74, 6) is 3.00. The fourth-order valence-electron chi connectivity index (χ4n) is 4.26. The van der Waals surface area contributed by atoms with Gasteiger partial charge in [0, 0.05) is 12.5 Å². The van der Waals surface area contributed by atoms with Crippen molar-refractivity contribution in [1.29, 1.82) is 0 Å². The van der Waals surface area contributed by atoms with Crippen molar-refractivity contribution in [2.45, 2.75) is 90.8 Å². The number of rotatable bonds is 10. The third-order valence-corrected chi connectivity index (χ3v) is 6.23. The highest BCUT2D eigenvalue weighted by molar-refractivity contribution is 4.72. The van der Waals surface area contributed by atoms with Crippen molar-refractivity contribution in [3.05, 3.63) is 0 Å². The van der Waals surface area contributed by atoms with E-state index >= 15 is 0 Å². The fraction of sp³-hybridized carbons (Fsp3) is 1.00. The highest BCUT2D eigenvalue weighted by Gasteiger charge is 2.20. The Kier molecular flexibility index (Phi) is 9.67. The van der Waals surface area contributed by atoms with Crippen LogP contribution in [0.15, 0.2) is 0 Å². The van der Waals surface area contributed by atoms with Gasteiger partial charge in [-0.1, -0.05) is 58.3 Å². The number of aliphatic hydroxyl groups excluding tert-OH is 1. The maximum Gasteiger partial charge on any atom is 0.154 e.